The van der Waals surface area contributed by atoms with Crippen LogP contribution in [0.15, 0.2) is 16.5 Å². The summed E-state index contributed by atoms with van der Waals surface area (Å²) in [6.45, 7) is 8.15. The Bertz CT molecular complexity index is 648. The van der Waals surface area contributed by atoms with Crippen molar-refractivity contribution >= 4 is 5.97 Å². The molecular weight excluding hydrogens is 266 g/mol. The SMILES string of the molecule is CCCc1nc(-c2c(C)cc(C)cc2C)oc1C(=O)OC. The van der Waals surface area contributed by atoms with Crippen LogP contribution in [0.3, 0.4) is 0 Å². The zero-order valence-electron chi connectivity index (χ0n) is 13.2. The van der Waals surface area contributed by atoms with Gasteiger partial charge in [0.15, 0.2) is 0 Å². The second-order valence-electron chi connectivity index (χ2n) is 5.31. The molecule has 0 saturated heterocycles. The van der Waals surface area contributed by atoms with E-state index in [1.807, 2.05) is 20.8 Å². The predicted molar refractivity (Wildman–Crippen MR) is 81.5 cm³/mol. The van der Waals surface area contributed by atoms with Crippen LogP contribution in [0.1, 0.15) is 46.3 Å². The predicted octanol–water partition coefficient (Wildman–Crippen LogP) is 4.01. The average Bonchev–Trinajstić information content (AvgIpc) is 2.81. The second-order valence-corrected chi connectivity index (χ2v) is 5.31. The minimum atomic E-state index is -0.473. The molecule has 0 fully saturated rings. The molecule has 0 radical (unpaired) electrons. The number of ether oxygens (including phenoxy) is 1. The molecule has 0 N–H and O–H groups in total. The molecule has 0 spiro atoms. The van der Waals surface area contributed by atoms with Crippen LogP contribution in [0, 0.1) is 20.8 Å². The van der Waals surface area contributed by atoms with Gasteiger partial charge in [0.1, 0.15) is 0 Å². The number of benzene rings is 1. The number of rotatable bonds is 4. The van der Waals surface area contributed by atoms with E-state index in [-0.39, 0.29) is 5.76 Å². The first kappa shape index (κ1) is 15.3. The lowest BCUT2D eigenvalue weighted by Crippen LogP contribution is -2.03. The van der Waals surface area contributed by atoms with Crippen LogP contribution in [-0.4, -0.2) is 18.1 Å². The van der Waals surface area contributed by atoms with Crippen molar-refractivity contribution in [2.45, 2.75) is 40.5 Å². The largest absolute Gasteiger partial charge is 0.463 e. The van der Waals surface area contributed by atoms with Crippen LogP contribution >= 0.6 is 0 Å². The van der Waals surface area contributed by atoms with Crippen molar-refractivity contribution in [2.24, 2.45) is 0 Å². The van der Waals surface area contributed by atoms with E-state index in [0.717, 1.165) is 23.1 Å². The van der Waals surface area contributed by atoms with Crippen LogP contribution in [0.5, 0.6) is 0 Å². The topological polar surface area (TPSA) is 52.3 Å². The number of nitrogens with zero attached hydrogens (tertiary/aromatic N) is 1. The van der Waals surface area contributed by atoms with Crippen molar-refractivity contribution in [1.82, 2.24) is 4.98 Å². The summed E-state index contributed by atoms with van der Waals surface area (Å²) in [5, 5.41) is 0. The molecule has 2 aromatic rings. The lowest BCUT2D eigenvalue weighted by atomic mass is 10.00. The summed E-state index contributed by atoms with van der Waals surface area (Å²) in [7, 11) is 1.35. The highest BCUT2D eigenvalue weighted by Crippen LogP contribution is 2.30. The maximum Gasteiger partial charge on any atom is 0.376 e. The van der Waals surface area contributed by atoms with E-state index < -0.39 is 5.97 Å². The second kappa shape index (κ2) is 6.12. The molecule has 112 valence electrons. The van der Waals surface area contributed by atoms with E-state index in [0.29, 0.717) is 18.0 Å². The molecule has 1 aromatic carbocycles. The van der Waals surface area contributed by atoms with Crippen LogP contribution in [0.2, 0.25) is 0 Å². The number of esters is 1. The fourth-order valence-electron chi connectivity index (χ4n) is 2.63. The van der Waals surface area contributed by atoms with Crippen molar-refractivity contribution in [2.75, 3.05) is 7.11 Å². The van der Waals surface area contributed by atoms with Gasteiger partial charge in [-0.15, -0.1) is 0 Å². The summed E-state index contributed by atoms with van der Waals surface area (Å²) in [5.74, 6) is 0.238. The fourth-order valence-corrected chi connectivity index (χ4v) is 2.63. The van der Waals surface area contributed by atoms with Crippen molar-refractivity contribution in [1.29, 1.82) is 0 Å². The molecule has 0 aliphatic carbocycles. The van der Waals surface area contributed by atoms with E-state index in [1.54, 1.807) is 0 Å². The monoisotopic (exact) mass is 287 g/mol. The lowest BCUT2D eigenvalue weighted by molar-refractivity contribution is 0.0564. The number of methoxy groups -OCH3 is 1. The summed E-state index contributed by atoms with van der Waals surface area (Å²) in [5.41, 5.74) is 5.00. The quantitative estimate of drug-likeness (QED) is 0.797. The summed E-state index contributed by atoms with van der Waals surface area (Å²) < 4.78 is 10.5. The molecule has 21 heavy (non-hydrogen) atoms. The van der Waals surface area contributed by atoms with E-state index in [4.69, 9.17) is 9.15 Å². The van der Waals surface area contributed by atoms with Gasteiger partial charge in [0.2, 0.25) is 11.7 Å². The summed E-state index contributed by atoms with van der Waals surface area (Å²) in [6.07, 6.45) is 1.58. The molecule has 0 aliphatic heterocycles. The van der Waals surface area contributed by atoms with E-state index >= 15 is 0 Å². The Labute approximate surface area is 125 Å². The highest BCUT2D eigenvalue weighted by Gasteiger charge is 2.22. The number of carbonyl (C=O) groups is 1. The molecule has 0 aliphatic rings. The molecular formula is C17H21NO3. The Balaban J connectivity index is 2.58. The van der Waals surface area contributed by atoms with E-state index in [9.17, 15) is 4.79 Å². The third-order valence-corrected chi connectivity index (χ3v) is 3.45. The Morgan fingerprint density at radius 2 is 1.86 bits per heavy atom. The van der Waals surface area contributed by atoms with Gasteiger partial charge in [0, 0.05) is 5.56 Å². The van der Waals surface area contributed by atoms with Crippen molar-refractivity contribution < 1.29 is 13.9 Å². The van der Waals surface area contributed by atoms with Crippen LogP contribution in [-0.2, 0) is 11.2 Å². The smallest absolute Gasteiger partial charge is 0.376 e. The first-order chi connectivity index (χ1) is 9.97. The standard InChI is InChI=1S/C17H21NO3/c1-6-7-13-15(17(19)20-5)21-16(18-13)14-11(3)8-10(2)9-12(14)4/h8-9H,6-7H2,1-5H3. The zero-order chi connectivity index (χ0) is 15.6. The molecule has 0 atom stereocenters. The number of oxazole rings is 1. The Hall–Kier alpha value is -2.10. The maximum atomic E-state index is 11.8. The van der Waals surface area contributed by atoms with Gasteiger partial charge in [-0.3, -0.25) is 0 Å². The summed E-state index contributed by atoms with van der Waals surface area (Å²) in [6, 6.07) is 4.17. The third kappa shape index (κ3) is 2.99. The summed E-state index contributed by atoms with van der Waals surface area (Å²) in [4.78, 5) is 16.3. The van der Waals surface area contributed by atoms with Crippen molar-refractivity contribution in [3.8, 4) is 11.5 Å². The maximum absolute atomic E-state index is 11.8. The molecule has 2 rings (SSSR count). The van der Waals surface area contributed by atoms with E-state index in [1.165, 1.54) is 12.7 Å². The molecule has 0 saturated carbocycles. The Morgan fingerprint density at radius 3 is 2.38 bits per heavy atom. The van der Waals surface area contributed by atoms with Gasteiger partial charge in [-0.2, -0.15) is 0 Å². The molecule has 0 unspecified atom stereocenters. The first-order valence-corrected chi connectivity index (χ1v) is 7.14. The molecule has 0 amide bonds. The van der Waals surface area contributed by atoms with Crippen LogP contribution < -0.4 is 0 Å². The van der Waals surface area contributed by atoms with Crippen LogP contribution in [0.25, 0.3) is 11.5 Å². The normalized spacial score (nSPS) is 10.7. The number of hydrogen-bond acceptors (Lipinski definition) is 4. The molecule has 0 bridgehead atoms. The minimum Gasteiger partial charge on any atom is -0.463 e. The van der Waals surface area contributed by atoms with Gasteiger partial charge in [-0.1, -0.05) is 31.0 Å². The number of aromatic nitrogens is 1. The van der Waals surface area contributed by atoms with Gasteiger partial charge < -0.3 is 9.15 Å². The van der Waals surface area contributed by atoms with Gasteiger partial charge in [-0.25, -0.2) is 9.78 Å². The fraction of sp³-hybridized carbons (Fsp3) is 0.412. The lowest BCUT2D eigenvalue weighted by Gasteiger charge is -2.07. The molecule has 4 nitrogen and oxygen atoms in total. The van der Waals surface area contributed by atoms with Gasteiger partial charge in [-0.05, 0) is 38.3 Å². The highest BCUT2D eigenvalue weighted by molar-refractivity contribution is 5.88. The van der Waals surface area contributed by atoms with Crippen molar-refractivity contribution in [3.05, 3.63) is 40.3 Å². The number of carbonyl (C=O) groups excluding carboxylic acids is 1. The Morgan fingerprint density at radius 1 is 1.24 bits per heavy atom. The van der Waals surface area contributed by atoms with E-state index in [2.05, 4.69) is 24.0 Å². The number of hydrogen-bond donors (Lipinski definition) is 0. The Kier molecular flexibility index (Phi) is 4.46. The molecule has 1 aromatic heterocycles. The van der Waals surface area contributed by atoms with Crippen LogP contribution in [0.4, 0.5) is 0 Å². The van der Waals surface area contributed by atoms with Crippen molar-refractivity contribution in [3.63, 3.8) is 0 Å². The number of aryl methyl sites for hydroxylation is 4. The minimum absolute atomic E-state index is 0.216. The first-order valence-electron chi connectivity index (χ1n) is 7.14. The third-order valence-electron chi connectivity index (χ3n) is 3.45. The zero-order valence-corrected chi connectivity index (χ0v) is 13.2. The molecule has 1 heterocycles. The van der Waals surface area contributed by atoms with Gasteiger partial charge in [0.05, 0.1) is 12.8 Å². The van der Waals surface area contributed by atoms with Gasteiger partial charge in [0.25, 0.3) is 0 Å². The summed E-state index contributed by atoms with van der Waals surface area (Å²) >= 11 is 0. The molecule has 4 heteroatoms. The average molecular weight is 287 g/mol. The van der Waals surface area contributed by atoms with Gasteiger partial charge >= 0.3 is 5.97 Å². The highest BCUT2D eigenvalue weighted by atomic mass is 16.5.